The summed E-state index contributed by atoms with van der Waals surface area (Å²) in [6, 6.07) is 10.6. The second-order valence-electron chi connectivity index (χ2n) is 7.34. The lowest BCUT2D eigenvalue weighted by Crippen LogP contribution is -2.23. The summed E-state index contributed by atoms with van der Waals surface area (Å²) in [6.07, 6.45) is 7.04. The summed E-state index contributed by atoms with van der Waals surface area (Å²) < 4.78 is 13.4. The van der Waals surface area contributed by atoms with Crippen molar-refractivity contribution < 1.29 is 13.6 Å². The van der Waals surface area contributed by atoms with Crippen LogP contribution in [-0.4, -0.2) is 25.2 Å². The topological polar surface area (TPSA) is 132 Å². The van der Waals surface area contributed by atoms with Crippen LogP contribution in [0, 0.1) is 11.3 Å². The molecule has 35 heavy (non-hydrogen) atoms. The van der Waals surface area contributed by atoms with Gasteiger partial charge in [-0.05, 0) is 24.3 Å². The van der Waals surface area contributed by atoms with Crippen LogP contribution >= 0.6 is 22.9 Å². The minimum atomic E-state index is -0.563. The second-order valence-corrected chi connectivity index (χ2v) is 9.14. The molecule has 0 radical (unpaired) electrons. The number of carbonyl (C=O) groups excluding carboxylic acids is 1. The number of pyridine rings is 1. The molecule has 0 spiro atoms. The van der Waals surface area contributed by atoms with E-state index in [1.54, 1.807) is 30.5 Å². The van der Waals surface area contributed by atoms with Gasteiger partial charge >= 0.3 is 5.91 Å². The van der Waals surface area contributed by atoms with E-state index in [1.165, 1.54) is 34.6 Å². The zero-order valence-corrected chi connectivity index (χ0v) is 19.4. The standard InChI is InChI=1S/C23H15ClN6O4S/c24-20-2-1-15(35-20)9-27-21-7-18(28-30(21)23(32)19-10-26-13-34-19)16-3-5-29(22(31)17(16)8-25)11-14-4-6-33-12-14/h1-7,10,12-13,27H,9,11H2. The normalized spacial score (nSPS) is 10.9. The molecule has 0 saturated carbocycles. The van der Waals surface area contributed by atoms with Crippen molar-refractivity contribution >= 4 is 34.7 Å². The van der Waals surface area contributed by atoms with E-state index < -0.39 is 11.5 Å². The first-order valence-corrected chi connectivity index (χ1v) is 11.4. The maximum absolute atomic E-state index is 13.0. The van der Waals surface area contributed by atoms with E-state index in [-0.39, 0.29) is 23.6 Å². The Morgan fingerprint density at radius 1 is 1.29 bits per heavy atom. The van der Waals surface area contributed by atoms with Gasteiger partial charge in [0.15, 0.2) is 6.39 Å². The summed E-state index contributed by atoms with van der Waals surface area (Å²) in [5, 5.41) is 17.3. The lowest BCUT2D eigenvalue weighted by atomic mass is 10.1. The number of anilines is 1. The summed E-state index contributed by atoms with van der Waals surface area (Å²) >= 11 is 7.41. The molecular formula is C23H15ClN6O4S. The quantitative estimate of drug-likeness (QED) is 0.347. The molecule has 0 unspecified atom stereocenters. The van der Waals surface area contributed by atoms with Crippen molar-refractivity contribution in [1.29, 1.82) is 5.26 Å². The zero-order chi connectivity index (χ0) is 24.4. The van der Waals surface area contributed by atoms with Crippen LogP contribution < -0.4 is 10.9 Å². The molecule has 1 N–H and O–H groups in total. The number of nitriles is 1. The van der Waals surface area contributed by atoms with Gasteiger partial charge in [0, 0.05) is 28.3 Å². The van der Waals surface area contributed by atoms with Gasteiger partial charge in [-0.1, -0.05) is 11.6 Å². The Labute approximate surface area is 206 Å². The highest BCUT2D eigenvalue weighted by atomic mass is 35.5. The van der Waals surface area contributed by atoms with Gasteiger partial charge in [-0.3, -0.25) is 9.59 Å². The molecule has 12 heteroatoms. The van der Waals surface area contributed by atoms with E-state index in [0.29, 0.717) is 22.3 Å². The first kappa shape index (κ1) is 22.4. The van der Waals surface area contributed by atoms with E-state index in [4.69, 9.17) is 20.4 Å². The fourth-order valence-electron chi connectivity index (χ4n) is 3.44. The zero-order valence-electron chi connectivity index (χ0n) is 17.8. The highest BCUT2D eigenvalue weighted by molar-refractivity contribution is 7.16. The van der Waals surface area contributed by atoms with Crippen LogP contribution in [0.15, 0.2) is 75.3 Å². The van der Waals surface area contributed by atoms with Crippen LogP contribution in [0.3, 0.4) is 0 Å². The Balaban J connectivity index is 1.54. The third kappa shape index (κ3) is 4.52. The number of nitrogens with one attached hydrogen (secondary N) is 1. The van der Waals surface area contributed by atoms with Crippen molar-refractivity contribution in [2.75, 3.05) is 5.32 Å². The van der Waals surface area contributed by atoms with Gasteiger partial charge in [-0.2, -0.15) is 15.0 Å². The van der Waals surface area contributed by atoms with E-state index in [0.717, 1.165) is 21.5 Å². The van der Waals surface area contributed by atoms with Gasteiger partial charge in [-0.15, -0.1) is 11.3 Å². The van der Waals surface area contributed by atoms with Crippen LogP contribution in [0.5, 0.6) is 0 Å². The van der Waals surface area contributed by atoms with E-state index >= 15 is 0 Å². The van der Waals surface area contributed by atoms with Crippen molar-refractivity contribution in [3.8, 4) is 17.3 Å². The molecule has 0 amide bonds. The van der Waals surface area contributed by atoms with Crippen molar-refractivity contribution in [3.05, 3.63) is 98.1 Å². The molecule has 0 fully saturated rings. The molecule has 0 bridgehead atoms. The second kappa shape index (κ2) is 9.46. The van der Waals surface area contributed by atoms with Gasteiger partial charge < -0.3 is 18.7 Å². The smallest absolute Gasteiger partial charge is 0.317 e. The summed E-state index contributed by atoms with van der Waals surface area (Å²) in [7, 11) is 0. The molecule has 5 aromatic heterocycles. The maximum atomic E-state index is 13.0. The van der Waals surface area contributed by atoms with Crippen LogP contribution in [0.1, 0.15) is 26.6 Å². The predicted octanol–water partition coefficient (Wildman–Crippen LogP) is 4.23. The number of thiophene rings is 1. The number of hydrogen-bond donors (Lipinski definition) is 1. The van der Waals surface area contributed by atoms with Crippen molar-refractivity contribution in [2.24, 2.45) is 0 Å². The SMILES string of the molecule is N#Cc1c(-c2cc(NCc3ccc(Cl)s3)n(C(=O)c3cnco3)n2)ccn(Cc2ccoc2)c1=O. The number of nitrogens with zero attached hydrogens (tertiary/aromatic N) is 5. The van der Waals surface area contributed by atoms with Gasteiger partial charge in [0.2, 0.25) is 5.76 Å². The molecule has 10 nitrogen and oxygen atoms in total. The molecule has 0 saturated heterocycles. The highest BCUT2D eigenvalue weighted by Crippen LogP contribution is 2.27. The van der Waals surface area contributed by atoms with Crippen molar-refractivity contribution in [3.63, 3.8) is 0 Å². The fraction of sp³-hybridized carbons (Fsp3) is 0.0870. The number of rotatable bonds is 7. The van der Waals surface area contributed by atoms with Crippen LogP contribution in [0.25, 0.3) is 11.3 Å². The average molecular weight is 507 g/mol. The molecule has 5 rings (SSSR count). The minimum Gasteiger partial charge on any atom is -0.472 e. The van der Waals surface area contributed by atoms with Gasteiger partial charge in [-0.25, -0.2) is 4.98 Å². The summed E-state index contributed by atoms with van der Waals surface area (Å²) in [6.45, 7) is 0.627. The Bertz CT molecular complexity index is 1590. The predicted molar refractivity (Wildman–Crippen MR) is 127 cm³/mol. The lowest BCUT2D eigenvalue weighted by Gasteiger charge is -2.07. The number of aromatic nitrogens is 4. The Hall–Kier alpha value is -4.40. The summed E-state index contributed by atoms with van der Waals surface area (Å²) in [4.78, 5) is 30.7. The molecule has 0 aromatic carbocycles. The highest BCUT2D eigenvalue weighted by Gasteiger charge is 2.22. The van der Waals surface area contributed by atoms with Crippen molar-refractivity contribution in [2.45, 2.75) is 13.1 Å². The molecule has 0 atom stereocenters. The number of oxazole rings is 1. The monoisotopic (exact) mass is 506 g/mol. The van der Waals surface area contributed by atoms with E-state index in [9.17, 15) is 14.9 Å². The number of hydrogen-bond acceptors (Lipinski definition) is 9. The molecular weight excluding hydrogens is 492 g/mol. The summed E-state index contributed by atoms with van der Waals surface area (Å²) in [5.41, 5.74) is 0.779. The molecule has 0 aliphatic carbocycles. The van der Waals surface area contributed by atoms with Crippen LogP contribution in [0.2, 0.25) is 4.34 Å². The average Bonchev–Trinajstić information content (AvgIpc) is 3.66. The number of furan rings is 1. The van der Waals surface area contributed by atoms with Crippen molar-refractivity contribution in [1.82, 2.24) is 19.3 Å². The minimum absolute atomic E-state index is 0.0158. The van der Waals surface area contributed by atoms with E-state index in [1.807, 2.05) is 12.1 Å². The first-order chi connectivity index (χ1) is 17.0. The molecule has 5 aromatic rings. The Kier molecular flexibility index (Phi) is 6.05. The Morgan fingerprint density at radius 3 is 2.86 bits per heavy atom. The van der Waals surface area contributed by atoms with E-state index in [2.05, 4.69) is 15.4 Å². The van der Waals surface area contributed by atoms with Gasteiger partial charge in [0.25, 0.3) is 5.56 Å². The van der Waals surface area contributed by atoms with Crippen LogP contribution in [-0.2, 0) is 13.1 Å². The van der Waals surface area contributed by atoms with Gasteiger partial charge in [0.05, 0.1) is 41.8 Å². The third-order valence-electron chi connectivity index (χ3n) is 5.10. The molecule has 5 heterocycles. The molecule has 0 aliphatic rings. The third-order valence-corrected chi connectivity index (χ3v) is 6.33. The number of carbonyl (C=O) groups is 1. The largest absolute Gasteiger partial charge is 0.472 e. The molecule has 174 valence electrons. The first-order valence-electron chi connectivity index (χ1n) is 10.2. The van der Waals surface area contributed by atoms with Crippen LogP contribution in [0.4, 0.5) is 5.82 Å². The summed E-state index contributed by atoms with van der Waals surface area (Å²) in [5.74, 6) is -0.234. The Morgan fingerprint density at radius 2 is 2.17 bits per heavy atom. The fourth-order valence-corrected chi connectivity index (χ4v) is 4.47. The number of halogens is 1. The van der Waals surface area contributed by atoms with Gasteiger partial charge in [0.1, 0.15) is 17.5 Å². The lowest BCUT2D eigenvalue weighted by molar-refractivity contribution is 0.0920. The molecule has 0 aliphatic heterocycles. The maximum Gasteiger partial charge on any atom is 0.317 e.